The van der Waals surface area contributed by atoms with Crippen LogP contribution in [0.1, 0.15) is 28.5 Å². The number of amides is 1. The van der Waals surface area contributed by atoms with Gasteiger partial charge in [0.2, 0.25) is 0 Å². The minimum Gasteiger partial charge on any atom is -0.451 e. The van der Waals surface area contributed by atoms with Gasteiger partial charge in [-0.15, -0.1) is 0 Å². The summed E-state index contributed by atoms with van der Waals surface area (Å²) in [5, 5.41) is 3.68. The van der Waals surface area contributed by atoms with E-state index in [9.17, 15) is 9.59 Å². The molecule has 2 aromatic carbocycles. The van der Waals surface area contributed by atoms with Crippen molar-refractivity contribution in [3.8, 4) is 0 Å². The van der Waals surface area contributed by atoms with E-state index in [2.05, 4.69) is 17.2 Å². The normalized spacial score (nSPS) is 10.5. The molecule has 0 aliphatic heterocycles. The number of rotatable bonds is 6. The van der Waals surface area contributed by atoms with E-state index in [1.54, 1.807) is 12.1 Å². The van der Waals surface area contributed by atoms with Crippen molar-refractivity contribution >= 4 is 22.8 Å². The Labute approximate surface area is 152 Å². The Kier molecular flexibility index (Phi) is 5.59. The molecule has 0 fully saturated rings. The summed E-state index contributed by atoms with van der Waals surface area (Å²) in [4.78, 5) is 28.2. The highest BCUT2D eigenvalue weighted by atomic mass is 16.5. The van der Waals surface area contributed by atoms with Crippen molar-refractivity contribution in [2.45, 2.75) is 19.9 Å². The summed E-state index contributed by atoms with van der Waals surface area (Å²) in [6, 6.07) is 18.9. The fourth-order valence-corrected chi connectivity index (χ4v) is 2.53. The fourth-order valence-electron chi connectivity index (χ4n) is 2.53. The number of fused-ring (bicyclic) bond motifs is 1. The monoisotopic (exact) mass is 348 g/mol. The van der Waals surface area contributed by atoms with Gasteiger partial charge in [0.1, 0.15) is 5.69 Å². The number of aromatic nitrogens is 1. The highest BCUT2D eigenvalue weighted by molar-refractivity contribution is 5.92. The Morgan fingerprint density at radius 1 is 0.962 bits per heavy atom. The standard InChI is InChI=1S/C21H20N2O3/c1-2-15-7-9-16(10-8-15)13-22-20(24)14-26-21(25)19-12-11-17-5-3-4-6-18(17)23-19/h3-12H,2,13-14H2,1H3,(H,22,24). The molecule has 5 nitrogen and oxygen atoms in total. The van der Waals surface area contributed by atoms with Crippen LogP contribution >= 0.6 is 0 Å². The number of esters is 1. The lowest BCUT2D eigenvalue weighted by atomic mass is 10.1. The van der Waals surface area contributed by atoms with Gasteiger partial charge in [0.25, 0.3) is 5.91 Å². The Morgan fingerprint density at radius 3 is 2.46 bits per heavy atom. The van der Waals surface area contributed by atoms with Crippen LogP contribution in [-0.4, -0.2) is 23.5 Å². The number of benzene rings is 2. The van der Waals surface area contributed by atoms with E-state index in [4.69, 9.17) is 4.74 Å². The van der Waals surface area contributed by atoms with Gasteiger partial charge >= 0.3 is 5.97 Å². The first kappa shape index (κ1) is 17.6. The molecule has 0 aliphatic rings. The predicted molar refractivity (Wildman–Crippen MR) is 99.7 cm³/mol. The second kappa shape index (κ2) is 8.25. The summed E-state index contributed by atoms with van der Waals surface area (Å²) >= 11 is 0. The van der Waals surface area contributed by atoms with Crippen LogP contribution in [0.25, 0.3) is 10.9 Å². The molecule has 1 heterocycles. The fraction of sp³-hybridized carbons (Fsp3) is 0.190. The molecule has 0 spiro atoms. The molecule has 132 valence electrons. The summed E-state index contributed by atoms with van der Waals surface area (Å²) in [6.07, 6.45) is 0.978. The van der Waals surface area contributed by atoms with E-state index in [1.807, 2.05) is 48.5 Å². The number of ether oxygens (including phenoxy) is 1. The minimum atomic E-state index is -0.613. The molecule has 1 aromatic heterocycles. The highest BCUT2D eigenvalue weighted by Gasteiger charge is 2.12. The van der Waals surface area contributed by atoms with Crippen LogP contribution in [0.2, 0.25) is 0 Å². The van der Waals surface area contributed by atoms with Gasteiger partial charge in [-0.1, -0.05) is 55.5 Å². The molecule has 3 rings (SSSR count). The van der Waals surface area contributed by atoms with Crippen LogP contribution in [0.4, 0.5) is 0 Å². The van der Waals surface area contributed by atoms with Gasteiger partial charge in [0.05, 0.1) is 5.52 Å². The average molecular weight is 348 g/mol. The highest BCUT2D eigenvalue weighted by Crippen LogP contribution is 2.12. The number of hydrogen-bond donors (Lipinski definition) is 1. The summed E-state index contributed by atoms with van der Waals surface area (Å²) in [7, 11) is 0. The molecular formula is C21H20N2O3. The molecule has 1 N–H and O–H groups in total. The van der Waals surface area contributed by atoms with E-state index in [1.165, 1.54) is 5.56 Å². The number of para-hydroxylation sites is 1. The van der Waals surface area contributed by atoms with E-state index < -0.39 is 5.97 Å². The lowest BCUT2D eigenvalue weighted by Gasteiger charge is -2.07. The van der Waals surface area contributed by atoms with Gasteiger partial charge in [-0.2, -0.15) is 0 Å². The topological polar surface area (TPSA) is 68.3 Å². The average Bonchev–Trinajstić information content (AvgIpc) is 2.70. The van der Waals surface area contributed by atoms with Crippen LogP contribution in [-0.2, 0) is 22.5 Å². The number of aryl methyl sites for hydroxylation is 1. The number of carbonyl (C=O) groups excluding carboxylic acids is 2. The lowest BCUT2D eigenvalue weighted by Crippen LogP contribution is -2.28. The van der Waals surface area contributed by atoms with Crippen molar-refractivity contribution in [2.24, 2.45) is 0 Å². The molecule has 0 saturated heterocycles. The molecule has 0 bridgehead atoms. The number of hydrogen-bond acceptors (Lipinski definition) is 4. The Balaban J connectivity index is 1.50. The third-order valence-electron chi connectivity index (χ3n) is 4.06. The SMILES string of the molecule is CCc1ccc(CNC(=O)COC(=O)c2ccc3ccccc3n2)cc1. The zero-order chi connectivity index (χ0) is 18.4. The first-order valence-corrected chi connectivity index (χ1v) is 8.53. The first-order valence-electron chi connectivity index (χ1n) is 8.53. The van der Waals surface area contributed by atoms with Crippen LogP contribution < -0.4 is 5.32 Å². The molecule has 1 amide bonds. The van der Waals surface area contributed by atoms with Crippen molar-refractivity contribution in [3.05, 3.63) is 77.5 Å². The van der Waals surface area contributed by atoms with Crippen molar-refractivity contribution in [3.63, 3.8) is 0 Å². The van der Waals surface area contributed by atoms with Gasteiger partial charge in [-0.25, -0.2) is 9.78 Å². The first-order chi connectivity index (χ1) is 12.7. The summed E-state index contributed by atoms with van der Waals surface area (Å²) < 4.78 is 5.05. The second-order valence-corrected chi connectivity index (χ2v) is 5.91. The Bertz CT molecular complexity index is 920. The molecule has 26 heavy (non-hydrogen) atoms. The third-order valence-corrected chi connectivity index (χ3v) is 4.06. The summed E-state index contributed by atoms with van der Waals surface area (Å²) in [5.74, 6) is -0.961. The van der Waals surface area contributed by atoms with Gasteiger partial charge < -0.3 is 10.1 Å². The van der Waals surface area contributed by atoms with Gasteiger partial charge in [-0.3, -0.25) is 4.79 Å². The third kappa shape index (κ3) is 4.45. The van der Waals surface area contributed by atoms with Crippen molar-refractivity contribution in [1.82, 2.24) is 10.3 Å². The smallest absolute Gasteiger partial charge is 0.357 e. The van der Waals surface area contributed by atoms with Crippen LogP contribution in [0.3, 0.4) is 0 Å². The molecule has 0 aliphatic carbocycles. The molecule has 0 radical (unpaired) electrons. The van der Waals surface area contributed by atoms with E-state index in [0.29, 0.717) is 12.1 Å². The lowest BCUT2D eigenvalue weighted by molar-refractivity contribution is -0.124. The van der Waals surface area contributed by atoms with Gasteiger partial charge in [0, 0.05) is 11.9 Å². The summed E-state index contributed by atoms with van der Waals surface area (Å²) in [5.41, 5.74) is 3.14. The number of nitrogens with one attached hydrogen (secondary N) is 1. The largest absolute Gasteiger partial charge is 0.451 e. The maximum atomic E-state index is 12.1. The summed E-state index contributed by atoms with van der Waals surface area (Å²) in [6.45, 7) is 2.16. The van der Waals surface area contributed by atoms with E-state index in [0.717, 1.165) is 17.4 Å². The van der Waals surface area contributed by atoms with Gasteiger partial charge in [0.15, 0.2) is 6.61 Å². The molecule has 0 saturated carbocycles. The Morgan fingerprint density at radius 2 is 1.69 bits per heavy atom. The molecular weight excluding hydrogens is 328 g/mol. The maximum absolute atomic E-state index is 12.1. The van der Waals surface area contributed by atoms with Crippen LogP contribution in [0.15, 0.2) is 60.7 Å². The van der Waals surface area contributed by atoms with Crippen LogP contribution in [0.5, 0.6) is 0 Å². The quantitative estimate of drug-likeness (QED) is 0.694. The van der Waals surface area contributed by atoms with Gasteiger partial charge in [-0.05, 0) is 29.7 Å². The van der Waals surface area contributed by atoms with E-state index in [-0.39, 0.29) is 18.2 Å². The molecule has 0 atom stereocenters. The molecule has 0 unspecified atom stereocenters. The van der Waals surface area contributed by atoms with Crippen molar-refractivity contribution < 1.29 is 14.3 Å². The zero-order valence-electron chi connectivity index (χ0n) is 14.6. The number of pyridine rings is 1. The van der Waals surface area contributed by atoms with Crippen molar-refractivity contribution in [2.75, 3.05) is 6.61 Å². The number of nitrogens with zero attached hydrogens (tertiary/aromatic N) is 1. The maximum Gasteiger partial charge on any atom is 0.357 e. The predicted octanol–water partition coefficient (Wildman–Crippen LogP) is 3.27. The van der Waals surface area contributed by atoms with Crippen LogP contribution in [0, 0.1) is 0 Å². The second-order valence-electron chi connectivity index (χ2n) is 5.91. The zero-order valence-corrected chi connectivity index (χ0v) is 14.6. The van der Waals surface area contributed by atoms with E-state index >= 15 is 0 Å². The molecule has 5 heteroatoms. The number of carbonyl (C=O) groups is 2. The molecule has 3 aromatic rings. The van der Waals surface area contributed by atoms with Crippen molar-refractivity contribution in [1.29, 1.82) is 0 Å². The Hall–Kier alpha value is -3.21. The minimum absolute atomic E-state index is 0.187.